The molecule has 0 spiro atoms. The first-order valence-electron chi connectivity index (χ1n) is 4.30. The molecule has 1 rings (SSSR count). The van der Waals surface area contributed by atoms with Crippen LogP contribution in [-0.2, 0) is 0 Å². The molecule has 2 nitrogen and oxygen atoms in total. The van der Waals surface area contributed by atoms with E-state index in [2.05, 4.69) is 17.2 Å². The summed E-state index contributed by atoms with van der Waals surface area (Å²) in [5, 5.41) is 4.18. The van der Waals surface area contributed by atoms with Crippen molar-refractivity contribution in [2.75, 3.05) is 13.1 Å². The quantitative estimate of drug-likeness (QED) is 0.768. The molecule has 1 N–H and O–H groups in total. The molecular formula is C8H14F2N2S. The lowest BCUT2D eigenvalue weighted by atomic mass is 10.3. The molecule has 76 valence electrons. The molecule has 1 aliphatic heterocycles. The average molecular weight is 208 g/mol. The fourth-order valence-corrected chi connectivity index (χ4v) is 1.83. The first-order chi connectivity index (χ1) is 5.97. The third-order valence-electron chi connectivity index (χ3n) is 1.65. The molecule has 0 aromatic carbocycles. The summed E-state index contributed by atoms with van der Waals surface area (Å²) in [6, 6.07) is 0. The van der Waals surface area contributed by atoms with E-state index in [0.717, 1.165) is 18.6 Å². The van der Waals surface area contributed by atoms with E-state index in [1.165, 1.54) is 0 Å². The van der Waals surface area contributed by atoms with Crippen LogP contribution < -0.4 is 5.32 Å². The second kappa shape index (κ2) is 4.26. The van der Waals surface area contributed by atoms with Crippen LogP contribution in [0, 0.1) is 0 Å². The highest BCUT2D eigenvalue weighted by Gasteiger charge is 2.21. The Kier molecular flexibility index (Phi) is 3.53. The van der Waals surface area contributed by atoms with Gasteiger partial charge in [-0.25, -0.2) is 8.78 Å². The molecule has 13 heavy (non-hydrogen) atoms. The van der Waals surface area contributed by atoms with E-state index in [1.807, 2.05) is 0 Å². The Balaban J connectivity index is 2.14. The zero-order chi connectivity index (χ0) is 9.90. The number of alkyl halides is 2. The molecular weight excluding hydrogens is 194 g/mol. The van der Waals surface area contributed by atoms with E-state index in [4.69, 9.17) is 0 Å². The van der Waals surface area contributed by atoms with Crippen LogP contribution in [0.15, 0.2) is 4.99 Å². The normalized spacial score (nSPS) is 23.1. The van der Waals surface area contributed by atoms with Crippen LogP contribution >= 0.6 is 11.8 Å². The van der Waals surface area contributed by atoms with E-state index in [1.54, 1.807) is 11.8 Å². The number of thioether (sulfide) groups is 1. The van der Waals surface area contributed by atoms with Gasteiger partial charge < -0.3 is 5.32 Å². The lowest BCUT2D eigenvalue weighted by molar-refractivity contribution is 0.0146. The second-order valence-corrected chi connectivity index (χ2v) is 4.75. The SMILES string of the molecule is CC1CN=C(NCCC(C)(F)F)S1. The summed E-state index contributed by atoms with van der Waals surface area (Å²) in [5.74, 6) is -2.58. The van der Waals surface area contributed by atoms with Crippen molar-refractivity contribution >= 4 is 16.9 Å². The fourth-order valence-electron chi connectivity index (χ4n) is 0.963. The van der Waals surface area contributed by atoms with E-state index in [9.17, 15) is 8.78 Å². The third-order valence-corrected chi connectivity index (χ3v) is 2.69. The number of hydrogen-bond acceptors (Lipinski definition) is 3. The molecule has 0 aromatic rings. The predicted octanol–water partition coefficient (Wildman–Crippen LogP) is 2.11. The Morgan fingerprint density at radius 1 is 1.69 bits per heavy atom. The highest BCUT2D eigenvalue weighted by atomic mass is 32.2. The molecule has 0 amide bonds. The summed E-state index contributed by atoms with van der Waals surface area (Å²) < 4.78 is 24.8. The largest absolute Gasteiger partial charge is 0.365 e. The molecule has 0 fully saturated rings. The van der Waals surface area contributed by atoms with E-state index in [0.29, 0.717) is 11.8 Å². The van der Waals surface area contributed by atoms with Gasteiger partial charge in [-0.15, -0.1) is 0 Å². The van der Waals surface area contributed by atoms with Gasteiger partial charge >= 0.3 is 0 Å². The van der Waals surface area contributed by atoms with Crippen molar-refractivity contribution in [3.63, 3.8) is 0 Å². The maximum atomic E-state index is 12.4. The van der Waals surface area contributed by atoms with Crippen molar-refractivity contribution in [1.82, 2.24) is 5.32 Å². The number of aliphatic imine (C=N–C) groups is 1. The van der Waals surface area contributed by atoms with Crippen LogP contribution in [0.1, 0.15) is 20.3 Å². The highest BCUT2D eigenvalue weighted by molar-refractivity contribution is 8.14. The van der Waals surface area contributed by atoms with Crippen molar-refractivity contribution in [2.24, 2.45) is 4.99 Å². The Hall–Kier alpha value is -0.320. The molecule has 5 heteroatoms. The number of hydrogen-bond donors (Lipinski definition) is 1. The molecule has 0 bridgehead atoms. The van der Waals surface area contributed by atoms with Crippen LogP contribution in [0.4, 0.5) is 8.78 Å². The molecule has 0 radical (unpaired) electrons. The molecule has 0 aliphatic carbocycles. The van der Waals surface area contributed by atoms with Crippen LogP contribution in [0.25, 0.3) is 0 Å². The van der Waals surface area contributed by atoms with Gasteiger partial charge in [0.25, 0.3) is 0 Å². The zero-order valence-electron chi connectivity index (χ0n) is 7.81. The van der Waals surface area contributed by atoms with Crippen LogP contribution in [0.3, 0.4) is 0 Å². The van der Waals surface area contributed by atoms with Gasteiger partial charge in [-0.05, 0) is 6.92 Å². The summed E-state index contributed by atoms with van der Waals surface area (Å²) in [5.41, 5.74) is 0. The molecule has 0 aromatic heterocycles. The standard InChI is InChI=1S/C8H14F2N2S/c1-6-5-12-7(13-6)11-4-3-8(2,9)10/h6H,3-5H2,1-2H3,(H,11,12). The van der Waals surface area contributed by atoms with Crippen molar-refractivity contribution in [1.29, 1.82) is 0 Å². The number of nitrogens with zero attached hydrogens (tertiary/aromatic N) is 1. The van der Waals surface area contributed by atoms with Crippen molar-refractivity contribution in [3.05, 3.63) is 0 Å². The number of halogens is 2. The van der Waals surface area contributed by atoms with Gasteiger partial charge in [0.2, 0.25) is 5.92 Å². The van der Waals surface area contributed by atoms with Crippen molar-refractivity contribution < 1.29 is 8.78 Å². The van der Waals surface area contributed by atoms with Gasteiger partial charge in [-0.3, -0.25) is 4.99 Å². The second-order valence-electron chi connectivity index (χ2n) is 3.32. The van der Waals surface area contributed by atoms with E-state index >= 15 is 0 Å². The minimum atomic E-state index is -2.58. The minimum absolute atomic E-state index is 0.138. The fraction of sp³-hybridized carbons (Fsp3) is 0.875. The minimum Gasteiger partial charge on any atom is -0.365 e. The molecule has 0 saturated heterocycles. The summed E-state index contributed by atoms with van der Waals surface area (Å²) >= 11 is 1.61. The maximum absolute atomic E-state index is 12.4. The van der Waals surface area contributed by atoms with E-state index in [-0.39, 0.29) is 6.42 Å². The smallest absolute Gasteiger partial charge is 0.247 e. The first kappa shape index (κ1) is 10.8. The molecule has 1 unspecified atom stereocenters. The lowest BCUT2D eigenvalue weighted by Gasteiger charge is -2.10. The van der Waals surface area contributed by atoms with Crippen LogP contribution in [0.2, 0.25) is 0 Å². The van der Waals surface area contributed by atoms with Gasteiger partial charge in [0.05, 0.1) is 6.54 Å². The van der Waals surface area contributed by atoms with Crippen LogP contribution in [0.5, 0.6) is 0 Å². The number of amidine groups is 1. The van der Waals surface area contributed by atoms with Crippen LogP contribution in [-0.4, -0.2) is 29.4 Å². The third kappa shape index (κ3) is 4.45. The average Bonchev–Trinajstić information content (AvgIpc) is 2.33. The Bertz CT molecular complexity index is 201. The summed E-state index contributed by atoms with van der Waals surface area (Å²) in [6.07, 6.45) is -0.138. The van der Waals surface area contributed by atoms with Gasteiger partial charge in [0.15, 0.2) is 5.17 Å². The molecule has 0 saturated carbocycles. The Morgan fingerprint density at radius 3 is 2.85 bits per heavy atom. The van der Waals surface area contributed by atoms with Crippen molar-refractivity contribution in [3.8, 4) is 0 Å². The molecule has 1 aliphatic rings. The first-order valence-corrected chi connectivity index (χ1v) is 5.18. The summed E-state index contributed by atoms with van der Waals surface area (Å²) in [7, 11) is 0. The predicted molar refractivity (Wildman–Crippen MR) is 52.6 cm³/mol. The number of rotatable bonds is 3. The van der Waals surface area contributed by atoms with E-state index < -0.39 is 5.92 Å². The Labute approximate surface area is 81.2 Å². The molecule has 1 heterocycles. The lowest BCUT2D eigenvalue weighted by Crippen LogP contribution is -2.25. The number of nitrogens with one attached hydrogen (secondary N) is 1. The van der Waals surface area contributed by atoms with Gasteiger partial charge in [0, 0.05) is 18.2 Å². The summed E-state index contributed by atoms with van der Waals surface area (Å²) in [6.45, 7) is 4.08. The summed E-state index contributed by atoms with van der Waals surface area (Å²) in [4.78, 5) is 4.16. The van der Waals surface area contributed by atoms with Gasteiger partial charge in [-0.1, -0.05) is 18.7 Å². The highest BCUT2D eigenvalue weighted by Crippen LogP contribution is 2.19. The molecule has 1 atom stereocenters. The topological polar surface area (TPSA) is 24.4 Å². The van der Waals surface area contributed by atoms with Crippen molar-refractivity contribution in [2.45, 2.75) is 31.4 Å². The monoisotopic (exact) mass is 208 g/mol. The Morgan fingerprint density at radius 2 is 2.38 bits per heavy atom. The van der Waals surface area contributed by atoms with Gasteiger partial charge in [0.1, 0.15) is 0 Å². The zero-order valence-corrected chi connectivity index (χ0v) is 8.63. The van der Waals surface area contributed by atoms with Gasteiger partial charge in [-0.2, -0.15) is 0 Å². The maximum Gasteiger partial charge on any atom is 0.247 e.